The Balaban J connectivity index is 2.52. The highest BCUT2D eigenvalue weighted by Crippen LogP contribution is 2.25. The van der Waals surface area contributed by atoms with E-state index in [-0.39, 0.29) is 4.90 Å². The second-order valence-corrected chi connectivity index (χ2v) is 6.81. The summed E-state index contributed by atoms with van der Waals surface area (Å²) in [5, 5.41) is 6.76. The van der Waals surface area contributed by atoms with Gasteiger partial charge in [0, 0.05) is 6.54 Å². The summed E-state index contributed by atoms with van der Waals surface area (Å²) in [7, 11) is -3.68. The van der Waals surface area contributed by atoms with Gasteiger partial charge < -0.3 is 5.73 Å². The van der Waals surface area contributed by atoms with Crippen LogP contribution in [0.15, 0.2) is 17.0 Å². The molecule has 1 aromatic carbocycles. The molecule has 0 aliphatic heterocycles. The van der Waals surface area contributed by atoms with Gasteiger partial charge in [-0.3, -0.25) is 9.82 Å². The third-order valence-corrected chi connectivity index (χ3v) is 5.05. The lowest BCUT2D eigenvalue weighted by Gasteiger charge is -2.14. The second kappa shape index (κ2) is 5.50. The van der Waals surface area contributed by atoms with Gasteiger partial charge in [-0.15, -0.1) is 0 Å². The minimum Gasteiger partial charge on any atom is -0.326 e. The summed E-state index contributed by atoms with van der Waals surface area (Å²) in [5.74, 6) is 0. The number of aromatic nitrogens is 2. The third kappa shape index (κ3) is 2.93. The molecule has 1 aromatic heterocycles. The number of hydrogen-bond acceptors (Lipinski definition) is 4. The number of nitrogens with zero attached hydrogens (tertiary/aromatic N) is 1. The van der Waals surface area contributed by atoms with Gasteiger partial charge in [0.1, 0.15) is 0 Å². The topological polar surface area (TPSA) is 101 Å². The molecule has 0 saturated carbocycles. The number of nitrogens with two attached hydrogens (primary N) is 1. The number of rotatable bonds is 4. The van der Waals surface area contributed by atoms with Crippen molar-refractivity contribution in [2.75, 3.05) is 4.72 Å². The van der Waals surface area contributed by atoms with Crippen LogP contribution in [0.1, 0.15) is 28.1 Å². The Morgan fingerprint density at radius 3 is 2.43 bits per heavy atom. The van der Waals surface area contributed by atoms with Crippen LogP contribution in [0.2, 0.25) is 0 Å². The van der Waals surface area contributed by atoms with Gasteiger partial charge in [-0.2, -0.15) is 5.10 Å². The first kappa shape index (κ1) is 15.5. The van der Waals surface area contributed by atoms with Crippen molar-refractivity contribution in [2.45, 2.75) is 39.1 Å². The molecule has 0 fully saturated rings. The molecule has 0 spiro atoms. The molecule has 4 N–H and O–H groups in total. The highest BCUT2D eigenvalue weighted by molar-refractivity contribution is 7.92. The number of sulfonamides is 1. The van der Waals surface area contributed by atoms with Gasteiger partial charge in [-0.25, -0.2) is 8.42 Å². The Hall–Kier alpha value is -1.86. The van der Waals surface area contributed by atoms with Crippen molar-refractivity contribution in [3.8, 4) is 0 Å². The number of aromatic amines is 1. The van der Waals surface area contributed by atoms with Gasteiger partial charge in [0.2, 0.25) is 0 Å². The zero-order valence-electron chi connectivity index (χ0n) is 12.6. The van der Waals surface area contributed by atoms with E-state index in [0.29, 0.717) is 23.6 Å². The highest BCUT2D eigenvalue weighted by Gasteiger charge is 2.21. The van der Waals surface area contributed by atoms with Crippen LogP contribution in [0.25, 0.3) is 0 Å². The minimum atomic E-state index is -3.68. The van der Waals surface area contributed by atoms with E-state index in [0.717, 1.165) is 16.7 Å². The fourth-order valence-corrected chi connectivity index (χ4v) is 3.74. The maximum absolute atomic E-state index is 12.7. The van der Waals surface area contributed by atoms with Crippen LogP contribution < -0.4 is 10.5 Å². The average Bonchev–Trinajstić information content (AvgIpc) is 2.73. The predicted molar refractivity (Wildman–Crippen MR) is 82.7 cm³/mol. The molecule has 0 radical (unpaired) electrons. The van der Waals surface area contributed by atoms with E-state index in [1.807, 2.05) is 13.0 Å². The van der Waals surface area contributed by atoms with Gasteiger partial charge in [0.15, 0.2) is 0 Å². The number of nitrogens with one attached hydrogen (secondary N) is 2. The van der Waals surface area contributed by atoms with Crippen LogP contribution in [0.5, 0.6) is 0 Å². The van der Waals surface area contributed by atoms with Crippen LogP contribution in [-0.2, 0) is 16.6 Å². The number of anilines is 1. The smallest absolute Gasteiger partial charge is 0.262 e. The van der Waals surface area contributed by atoms with Gasteiger partial charge in [0.05, 0.1) is 22.0 Å². The molecule has 0 amide bonds. The normalized spacial score (nSPS) is 11.7. The minimum absolute atomic E-state index is 0.253. The lowest BCUT2D eigenvalue weighted by atomic mass is 10.1. The number of aryl methyl sites for hydroxylation is 3. The average molecular weight is 308 g/mol. The molecule has 0 bridgehead atoms. The molecule has 0 saturated heterocycles. The Bertz CT molecular complexity index is 759. The first-order valence-corrected chi connectivity index (χ1v) is 8.09. The van der Waals surface area contributed by atoms with Gasteiger partial charge in [-0.1, -0.05) is 6.07 Å². The fourth-order valence-electron chi connectivity index (χ4n) is 2.19. The quantitative estimate of drug-likeness (QED) is 0.803. The van der Waals surface area contributed by atoms with Gasteiger partial charge in [0.25, 0.3) is 10.0 Å². The van der Waals surface area contributed by atoms with Crippen molar-refractivity contribution in [3.05, 3.63) is 40.2 Å². The van der Waals surface area contributed by atoms with E-state index in [1.165, 1.54) is 0 Å². The Morgan fingerprint density at radius 2 is 1.90 bits per heavy atom. The van der Waals surface area contributed by atoms with Crippen molar-refractivity contribution in [1.29, 1.82) is 0 Å². The molecule has 6 nitrogen and oxygen atoms in total. The van der Waals surface area contributed by atoms with Crippen LogP contribution >= 0.6 is 0 Å². The van der Waals surface area contributed by atoms with Crippen molar-refractivity contribution < 1.29 is 8.42 Å². The first-order valence-electron chi connectivity index (χ1n) is 6.61. The van der Waals surface area contributed by atoms with E-state index in [1.54, 1.807) is 26.8 Å². The molecule has 0 unspecified atom stereocenters. The number of benzene rings is 1. The zero-order chi connectivity index (χ0) is 15.8. The Kier molecular flexibility index (Phi) is 4.06. The molecule has 1 heterocycles. The highest BCUT2D eigenvalue weighted by atomic mass is 32.2. The second-order valence-electron chi connectivity index (χ2n) is 5.15. The standard InChI is InChI=1S/C14H20N4O2S/c1-8-5-12(7-15)6-13(9(8)2)21(19,20)18-14-10(3)16-17-11(14)4/h5-6,18H,7,15H2,1-4H3,(H,16,17). The molecule has 7 heteroatoms. The summed E-state index contributed by atoms with van der Waals surface area (Å²) in [4.78, 5) is 0.253. The SMILES string of the molecule is Cc1cc(CN)cc(S(=O)(=O)Nc2c(C)n[nH]c2C)c1C. The molecule has 2 rings (SSSR count). The van der Waals surface area contributed by atoms with Crippen molar-refractivity contribution in [2.24, 2.45) is 5.73 Å². The molecular weight excluding hydrogens is 288 g/mol. The maximum atomic E-state index is 12.7. The first-order chi connectivity index (χ1) is 9.76. The van der Waals surface area contributed by atoms with E-state index in [2.05, 4.69) is 14.9 Å². The molecule has 21 heavy (non-hydrogen) atoms. The molecule has 0 aliphatic carbocycles. The Labute approximate surface area is 124 Å². The van der Waals surface area contributed by atoms with Crippen LogP contribution in [-0.4, -0.2) is 18.6 Å². The Morgan fingerprint density at radius 1 is 1.24 bits per heavy atom. The summed E-state index contributed by atoms with van der Waals surface area (Å²) in [5.41, 5.74) is 9.83. The lowest BCUT2D eigenvalue weighted by molar-refractivity contribution is 0.600. The lowest BCUT2D eigenvalue weighted by Crippen LogP contribution is -2.16. The summed E-state index contributed by atoms with van der Waals surface area (Å²) in [6.45, 7) is 7.48. The van der Waals surface area contributed by atoms with Crippen LogP contribution in [0, 0.1) is 27.7 Å². The summed E-state index contributed by atoms with van der Waals surface area (Å²) >= 11 is 0. The molecule has 2 aromatic rings. The fraction of sp³-hybridized carbons (Fsp3) is 0.357. The molecule has 114 valence electrons. The summed E-state index contributed by atoms with van der Waals surface area (Å²) in [6.07, 6.45) is 0. The zero-order valence-corrected chi connectivity index (χ0v) is 13.4. The van der Waals surface area contributed by atoms with E-state index in [4.69, 9.17) is 5.73 Å². The number of hydrogen-bond donors (Lipinski definition) is 3. The molecule has 0 aliphatic rings. The van der Waals surface area contributed by atoms with Gasteiger partial charge >= 0.3 is 0 Å². The van der Waals surface area contributed by atoms with Crippen molar-refractivity contribution in [3.63, 3.8) is 0 Å². The van der Waals surface area contributed by atoms with E-state index in [9.17, 15) is 8.42 Å². The summed E-state index contributed by atoms with van der Waals surface area (Å²) in [6, 6.07) is 3.53. The molecular formula is C14H20N4O2S. The van der Waals surface area contributed by atoms with E-state index >= 15 is 0 Å². The van der Waals surface area contributed by atoms with Crippen molar-refractivity contribution >= 4 is 15.7 Å². The summed E-state index contributed by atoms with van der Waals surface area (Å²) < 4.78 is 27.9. The monoisotopic (exact) mass is 308 g/mol. The van der Waals surface area contributed by atoms with Crippen LogP contribution in [0.4, 0.5) is 5.69 Å². The molecule has 0 atom stereocenters. The number of H-pyrrole nitrogens is 1. The largest absolute Gasteiger partial charge is 0.326 e. The van der Waals surface area contributed by atoms with E-state index < -0.39 is 10.0 Å². The maximum Gasteiger partial charge on any atom is 0.262 e. The third-order valence-electron chi connectivity index (χ3n) is 3.57. The van der Waals surface area contributed by atoms with Crippen LogP contribution in [0.3, 0.4) is 0 Å². The van der Waals surface area contributed by atoms with Gasteiger partial charge in [-0.05, 0) is 50.5 Å². The predicted octanol–water partition coefficient (Wildman–Crippen LogP) is 1.90. The van der Waals surface area contributed by atoms with Crippen molar-refractivity contribution in [1.82, 2.24) is 10.2 Å².